The lowest BCUT2D eigenvalue weighted by atomic mass is 10.1. The third kappa shape index (κ3) is 8.02. The molecule has 0 N–H and O–H groups in total. The van der Waals surface area contributed by atoms with E-state index in [1.807, 2.05) is 0 Å². The zero-order valence-corrected chi connectivity index (χ0v) is 31.4. The summed E-state index contributed by atoms with van der Waals surface area (Å²) in [5.41, 5.74) is 14.1. The third-order valence-electron chi connectivity index (χ3n) is 10.4. The first-order valence-electron chi connectivity index (χ1n) is 19.3. The highest BCUT2D eigenvalue weighted by Gasteiger charge is 2.27. The summed E-state index contributed by atoms with van der Waals surface area (Å²) in [5, 5.41) is 0. The molecular weight excluding hydrogens is 681 g/mol. The highest BCUT2D eigenvalue weighted by Crippen LogP contribution is 2.40. The van der Waals surface area contributed by atoms with Crippen molar-refractivity contribution in [2.75, 3.05) is 32.9 Å². The Morgan fingerprint density at radius 1 is 0.286 bits per heavy atom. The van der Waals surface area contributed by atoms with E-state index in [0.29, 0.717) is 0 Å². The van der Waals surface area contributed by atoms with Crippen LogP contribution in [0, 0.1) is 23.7 Å². The maximum Gasteiger partial charge on any atom is 0.0911 e. The molecule has 0 radical (unpaired) electrons. The van der Waals surface area contributed by atoms with Crippen LogP contribution in [0.15, 0.2) is 182 Å². The first-order chi connectivity index (χ1) is 27.7. The highest BCUT2D eigenvalue weighted by atomic mass is 15.4. The van der Waals surface area contributed by atoms with Crippen LogP contribution >= 0.6 is 0 Å². The van der Waals surface area contributed by atoms with Gasteiger partial charge in [-0.05, 0) is 82.9 Å². The smallest absolute Gasteiger partial charge is 0.0911 e. The predicted octanol–water partition coefficient (Wildman–Crippen LogP) is 10.5. The van der Waals surface area contributed by atoms with Crippen LogP contribution in [-0.4, -0.2) is 13.3 Å². The predicted molar refractivity (Wildman–Crippen MR) is 232 cm³/mol. The number of nitrogens with zero attached hydrogens (tertiary/aromatic N) is 4. The van der Waals surface area contributed by atoms with E-state index in [2.05, 4.69) is 225 Å². The Morgan fingerprint density at radius 3 is 0.875 bits per heavy atom. The summed E-state index contributed by atoms with van der Waals surface area (Å²) >= 11 is 0. The van der Waals surface area contributed by atoms with Gasteiger partial charge in [-0.2, -0.15) is 0 Å². The molecule has 2 heterocycles. The maximum atomic E-state index is 3.44. The Bertz CT molecular complexity index is 2360. The fraction of sp³-hybridized carbons (Fsp3) is 0.115. The zero-order valence-electron chi connectivity index (χ0n) is 31.4. The van der Waals surface area contributed by atoms with Crippen molar-refractivity contribution < 1.29 is 0 Å². The van der Waals surface area contributed by atoms with Crippen LogP contribution in [0.4, 0.5) is 22.7 Å². The molecule has 0 fully saturated rings. The molecule has 0 aliphatic carbocycles. The van der Waals surface area contributed by atoms with Crippen LogP contribution in [0.2, 0.25) is 0 Å². The van der Waals surface area contributed by atoms with E-state index in [0.717, 1.165) is 61.8 Å². The van der Waals surface area contributed by atoms with Crippen molar-refractivity contribution in [1.29, 1.82) is 0 Å². The van der Waals surface area contributed by atoms with Crippen molar-refractivity contribution in [3.8, 4) is 23.7 Å². The summed E-state index contributed by atoms with van der Waals surface area (Å²) in [5.74, 6) is 13.7. The topological polar surface area (TPSA) is 13.0 Å². The van der Waals surface area contributed by atoms with Gasteiger partial charge in [0.1, 0.15) is 0 Å². The second kappa shape index (κ2) is 16.1. The van der Waals surface area contributed by atoms with Crippen LogP contribution in [0.5, 0.6) is 0 Å². The van der Waals surface area contributed by atoms with Crippen molar-refractivity contribution in [1.82, 2.24) is 0 Å². The van der Waals surface area contributed by atoms with Crippen LogP contribution < -0.4 is 19.6 Å². The summed E-state index contributed by atoms with van der Waals surface area (Å²) in [6.07, 6.45) is 0. The summed E-state index contributed by atoms with van der Waals surface area (Å²) < 4.78 is 0. The first-order valence-corrected chi connectivity index (χ1v) is 19.3. The molecule has 0 aromatic heterocycles. The Hall–Kier alpha value is -7.14. The van der Waals surface area contributed by atoms with Gasteiger partial charge in [-0.15, -0.1) is 0 Å². The lowest BCUT2D eigenvalue weighted by Crippen LogP contribution is -2.30. The monoisotopic (exact) mass is 722 g/mol. The fourth-order valence-electron chi connectivity index (χ4n) is 7.64. The standard InChI is InChI=1S/C52H42N4/c1-5-13-45(14-6-1)35-53-39-55(37-47-17-9-3-10-18-47)51-33-43(29-31-49(51)53)27-25-41-21-23-42(24-22-41)26-28-44-30-32-50-52(34-44)56(38-48-19-11-4-12-20-48)40-54(50)36-46-15-7-2-8-16-46/h1-24,29-34H,35-40H2. The number of rotatable bonds is 8. The molecule has 0 unspecified atom stereocenters. The largest absolute Gasteiger partial charge is 0.348 e. The quantitative estimate of drug-likeness (QED) is 0.145. The van der Waals surface area contributed by atoms with Gasteiger partial charge < -0.3 is 19.6 Å². The summed E-state index contributed by atoms with van der Waals surface area (Å²) in [7, 11) is 0. The number of hydrogen-bond donors (Lipinski definition) is 0. The molecule has 0 saturated carbocycles. The molecule has 9 rings (SSSR count). The van der Waals surface area contributed by atoms with Crippen LogP contribution in [0.25, 0.3) is 0 Å². The molecule has 0 bridgehead atoms. The van der Waals surface area contributed by atoms with Gasteiger partial charge in [-0.1, -0.05) is 145 Å². The molecule has 2 aliphatic rings. The van der Waals surface area contributed by atoms with Crippen LogP contribution in [-0.2, 0) is 26.2 Å². The number of hydrogen-bond acceptors (Lipinski definition) is 4. The lowest BCUT2D eigenvalue weighted by Gasteiger charge is -2.22. The maximum absolute atomic E-state index is 3.44. The van der Waals surface area contributed by atoms with E-state index < -0.39 is 0 Å². The van der Waals surface area contributed by atoms with Gasteiger partial charge in [0.2, 0.25) is 0 Å². The minimum Gasteiger partial charge on any atom is -0.348 e. The van der Waals surface area contributed by atoms with E-state index in [1.165, 1.54) is 45.0 Å². The molecule has 2 aliphatic heterocycles. The highest BCUT2D eigenvalue weighted by molar-refractivity contribution is 5.79. The van der Waals surface area contributed by atoms with Crippen molar-refractivity contribution in [3.63, 3.8) is 0 Å². The third-order valence-corrected chi connectivity index (χ3v) is 10.4. The molecule has 0 amide bonds. The number of benzene rings is 7. The molecule has 0 spiro atoms. The Kier molecular flexibility index (Phi) is 9.94. The second-order valence-electron chi connectivity index (χ2n) is 14.5. The lowest BCUT2D eigenvalue weighted by molar-refractivity contribution is 0.763. The minimum atomic E-state index is 0.836. The molecule has 0 atom stereocenters. The van der Waals surface area contributed by atoms with Crippen molar-refractivity contribution in [2.24, 2.45) is 0 Å². The van der Waals surface area contributed by atoms with Gasteiger partial charge in [-0.25, -0.2) is 0 Å². The molecular formula is C52H42N4. The van der Waals surface area contributed by atoms with Gasteiger partial charge in [0.15, 0.2) is 0 Å². The molecule has 4 heteroatoms. The Balaban J connectivity index is 0.915. The van der Waals surface area contributed by atoms with Gasteiger partial charge >= 0.3 is 0 Å². The number of fused-ring (bicyclic) bond motifs is 2. The van der Waals surface area contributed by atoms with Gasteiger partial charge in [0, 0.05) is 48.4 Å². The van der Waals surface area contributed by atoms with Gasteiger partial charge in [0.25, 0.3) is 0 Å². The minimum absolute atomic E-state index is 0.836. The average Bonchev–Trinajstić information content (AvgIpc) is 3.76. The SMILES string of the molecule is C(#Cc1ccc2c(c1)N(Cc1ccccc1)CN2Cc1ccccc1)c1ccc(C#Cc2ccc3c(c2)N(Cc2ccccc2)CN3Cc2ccccc2)cc1. The Morgan fingerprint density at radius 2 is 0.554 bits per heavy atom. The molecule has 4 nitrogen and oxygen atoms in total. The molecule has 270 valence electrons. The van der Waals surface area contributed by atoms with E-state index in [1.54, 1.807) is 0 Å². The van der Waals surface area contributed by atoms with E-state index in [9.17, 15) is 0 Å². The molecule has 7 aromatic rings. The molecule has 0 saturated heterocycles. The van der Waals surface area contributed by atoms with Gasteiger partial charge in [0.05, 0.1) is 36.1 Å². The normalized spacial score (nSPS) is 12.7. The van der Waals surface area contributed by atoms with Gasteiger partial charge in [-0.3, -0.25) is 0 Å². The average molecular weight is 723 g/mol. The van der Waals surface area contributed by atoms with E-state index in [-0.39, 0.29) is 0 Å². The summed E-state index contributed by atoms with van der Waals surface area (Å²) in [4.78, 5) is 9.81. The van der Waals surface area contributed by atoms with Crippen molar-refractivity contribution in [2.45, 2.75) is 26.2 Å². The number of anilines is 4. The second-order valence-corrected chi connectivity index (χ2v) is 14.5. The Labute approximate surface area is 330 Å². The molecule has 56 heavy (non-hydrogen) atoms. The van der Waals surface area contributed by atoms with E-state index >= 15 is 0 Å². The molecule has 7 aromatic carbocycles. The summed E-state index contributed by atoms with van der Waals surface area (Å²) in [6.45, 7) is 5.11. The van der Waals surface area contributed by atoms with Crippen molar-refractivity contribution >= 4 is 22.7 Å². The summed E-state index contributed by atoms with van der Waals surface area (Å²) in [6, 6.07) is 64.3. The van der Waals surface area contributed by atoms with Crippen LogP contribution in [0.3, 0.4) is 0 Å². The fourth-order valence-corrected chi connectivity index (χ4v) is 7.64. The van der Waals surface area contributed by atoms with Crippen molar-refractivity contribution in [3.05, 3.63) is 226 Å². The first kappa shape index (κ1) is 34.6. The zero-order chi connectivity index (χ0) is 37.5. The van der Waals surface area contributed by atoms with Crippen LogP contribution in [0.1, 0.15) is 44.5 Å². The van der Waals surface area contributed by atoms with E-state index in [4.69, 9.17) is 0 Å².